The van der Waals surface area contributed by atoms with Gasteiger partial charge in [0.15, 0.2) is 0 Å². The van der Waals surface area contributed by atoms with Crippen molar-refractivity contribution in [2.45, 2.75) is 19.9 Å². The number of rotatable bonds is 6. The number of amides is 2. The van der Waals surface area contributed by atoms with E-state index in [0.29, 0.717) is 32.6 Å². The zero-order valence-electron chi connectivity index (χ0n) is 15.9. The monoisotopic (exact) mass is 365 g/mol. The Morgan fingerprint density at radius 2 is 1.59 bits per heavy atom. The van der Waals surface area contributed by atoms with Gasteiger partial charge in [0.1, 0.15) is 0 Å². The van der Waals surface area contributed by atoms with E-state index in [4.69, 9.17) is 0 Å². The summed E-state index contributed by atoms with van der Waals surface area (Å²) in [6.45, 7) is 5.79. The lowest BCUT2D eigenvalue weighted by atomic mass is 10.1. The quantitative estimate of drug-likeness (QED) is 0.852. The number of hydrogen-bond acceptors (Lipinski definition) is 3. The summed E-state index contributed by atoms with van der Waals surface area (Å²) in [5.74, 6) is 0.191. The molecule has 0 spiro atoms. The van der Waals surface area contributed by atoms with Crippen LogP contribution in [0.15, 0.2) is 54.6 Å². The van der Waals surface area contributed by atoms with Crippen LogP contribution in [0.25, 0.3) is 0 Å². The lowest BCUT2D eigenvalue weighted by molar-refractivity contribution is -0.132. The fourth-order valence-corrected chi connectivity index (χ4v) is 3.29. The fraction of sp³-hybridized carbons (Fsp3) is 0.364. The van der Waals surface area contributed by atoms with Crippen LogP contribution < -0.4 is 5.32 Å². The first kappa shape index (κ1) is 19.1. The lowest BCUT2D eigenvalue weighted by Crippen LogP contribution is -2.51. The van der Waals surface area contributed by atoms with Crippen molar-refractivity contribution in [2.24, 2.45) is 0 Å². The Morgan fingerprint density at radius 3 is 2.30 bits per heavy atom. The minimum absolute atomic E-state index is 0.0264. The predicted molar refractivity (Wildman–Crippen MR) is 106 cm³/mol. The second kappa shape index (κ2) is 9.33. The first-order valence-electron chi connectivity index (χ1n) is 9.47. The molecule has 2 aromatic rings. The van der Waals surface area contributed by atoms with E-state index in [2.05, 4.69) is 10.2 Å². The van der Waals surface area contributed by atoms with E-state index in [1.165, 1.54) is 0 Å². The van der Waals surface area contributed by atoms with Crippen molar-refractivity contribution < 1.29 is 9.59 Å². The average Bonchev–Trinajstić information content (AvgIpc) is 2.69. The molecule has 1 aliphatic heterocycles. The smallest absolute Gasteiger partial charge is 0.234 e. The van der Waals surface area contributed by atoms with Crippen LogP contribution in [0.1, 0.15) is 16.7 Å². The van der Waals surface area contributed by atoms with Crippen molar-refractivity contribution in [3.63, 3.8) is 0 Å². The summed E-state index contributed by atoms with van der Waals surface area (Å²) in [7, 11) is 0. The summed E-state index contributed by atoms with van der Waals surface area (Å²) in [5.41, 5.74) is 3.34. The highest BCUT2D eigenvalue weighted by atomic mass is 16.2. The lowest BCUT2D eigenvalue weighted by Gasteiger charge is -2.34. The van der Waals surface area contributed by atoms with Crippen LogP contribution in [0, 0.1) is 6.92 Å². The molecular formula is C22H27N3O2. The zero-order valence-corrected chi connectivity index (χ0v) is 15.9. The highest BCUT2D eigenvalue weighted by Gasteiger charge is 2.22. The van der Waals surface area contributed by atoms with Gasteiger partial charge >= 0.3 is 0 Å². The molecule has 0 aromatic heterocycles. The van der Waals surface area contributed by atoms with Crippen molar-refractivity contribution in [1.29, 1.82) is 0 Å². The van der Waals surface area contributed by atoms with Gasteiger partial charge in [-0.25, -0.2) is 0 Å². The van der Waals surface area contributed by atoms with Crippen LogP contribution in [-0.2, 0) is 22.6 Å². The molecule has 1 saturated heterocycles. The van der Waals surface area contributed by atoms with Crippen molar-refractivity contribution >= 4 is 11.8 Å². The Morgan fingerprint density at radius 1 is 0.926 bits per heavy atom. The van der Waals surface area contributed by atoms with Gasteiger partial charge in [-0.05, 0) is 23.6 Å². The number of aryl methyl sites for hydroxylation is 1. The van der Waals surface area contributed by atoms with Crippen LogP contribution in [0.3, 0.4) is 0 Å². The number of carbonyl (C=O) groups is 2. The van der Waals surface area contributed by atoms with E-state index in [-0.39, 0.29) is 11.8 Å². The molecule has 0 saturated carbocycles. The van der Waals surface area contributed by atoms with Gasteiger partial charge in [0, 0.05) is 32.7 Å². The van der Waals surface area contributed by atoms with Gasteiger partial charge in [-0.2, -0.15) is 0 Å². The fourth-order valence-electron chi connectivity index (χ4n) is 3.29. The summed E-state index contributed by atoms with van der Waals surface area (Å²) < 4.78 is 0. The van der Waals surface area contributed by atoms with Gasteiger partial charge in [-0.3, -0.25) is 14.5 Å². The largest absolute Gasteiger partial charge is 0.351 e. The molecule has 3 rings (SSSR count). The molecule has 5 nitrogen and oxygen atoms in total. The van der Waals surface area contributed by atoms with Gasteiger partial charge in [-0.15, -0.1) is 0 Å². The second-order valence-corrected chi connectivity index (χ2v) is 7.02. The molecule has 2 amide bonds. The average molecular weight is 365 g/mol. The summed E-state index contributed by atoms with van der Waals surface area (Å²) in [4.78, 5) is 28.7. The molecule has 142 valence electrons. The topological polar surface area (TPSA) is 52.7 Å². The number of piperazine rings is 1. The van der Waals surface area contributed by atoms with Crippen LogP contribution >= 0.6 is 0 Å². The van der Waals surface area contributed by atoms with E-state index >= 15 is 0 Å². The van der Waals surface area contributed by atoms with E-state index in [9.17, 15) is 9.59 Å². The van der Waals surface area contributed by atoms with E-state index < -0.39 is 0 Å². The molecule has 1 N–H and O–H groups in total. The molecule has 0 unspecified atom stereocenters. The Bertz CT molecular complexity index is 768. The van der Waals surface area contributed by atoms with E-state index in [1.807, 2.05) is 66.4 Å². The molecular weight excluding hydrogens is 338 g/mol. The maximum atomic E-state index is 12.5. The van der Waals surface area contributed by atoms with Crippen LogP contribution in [-0.4, -0.2) is 54.3 Å². The molecule has 27 heavy (non-hydrogen) atoms. The van der Waals surface area contributed by atoms with Crippen molar-refractivity contribution in [3.8, 4) is 0 Å². The maximum absolute atomic E-state index is 12.5. The number of hydrogen-bond donors (Lipinski definition) is 1. The van der Waals surface area contributed by atoms with Crippen molar-refractivity contribution in [3.05, 3.63) is 71.3 Å². The maximum Gasteiger partial charge on any atom is 0.234 e. The third-order valence-corrected chi connectivity index (χ3v) is 5.03. The Labute approximate surface area is 161 Å². The standard InChI is InChI=1S/C22H27N3O2/c1-18-7-5-6-10-20(18)15-22(27)25-13-11-24(12-14-25)17-21(26)23-16-19-8-3-2-4-9-19/h2-10H,11-17H2,1H3,(H,23,26). The number of nitrogens with zero attached hydrogens (tertiary/aromatic N) is 2. The number of benzene rings is 2. The number of nitrogens with one attached hydrogen (secondary N) is 1. The summed E-state index contributed by atoms with van der Waals surface area (Å²) in [6, 6.07) is 17.9. The van der Waals surface area contributed by atoms with Crippen LogP contribution in [0.2, 0.25) is 0 Å². The van der Waals surface area contributed by atoms with E-state index in [0.717, 1.165) is 29.8 Å². The minimum atomic E-state index is 0.0264. The molecule has 5 heteroatoms. The van der Waals surface area contributed by atoms with Crippen molar-refractivity contribution in [2.75, 3.05) is 32.7 Å². The zero-order chi connectivity index (χ0) is 19.1. The van der Waals surface area contributed by atoms with Crippen LogP contribution in [0.4, 0.5) is 0 Å². The highest BCUT2D eigenvalue weighted by molar-refractivity contribution is 5.79. The SMILES string of the molecule is Cc1ccccc1CC(=O)N1CCN(CC(=O)NCc2ccccc2)CC1. The predicted octanol–water partition coefficient (Wildman–Crippen LogP) is 2.00. The van der Waals surface area contributed by atoms with Crippen molar-refractivity contribution in [1.82, 2.24) is 15.1 Å². The summed E-state index contributed by atoms with van der Waals surface area (Å²) in [6.07, 6.45) is 0.449. The van der Waals surface area contributed by atoms with Gasteiger partial charge in [0.2, 0.25) is 11.8 Å². The number of carbonyl (C=O) groups excluding carboxylic acids is 2. The van der Waals surface area contributed by atoms with E-state index in [1.54, 1.807) is 0 Å². The Kier molecular flexibility index (Phi) is 6.60. The van der Waals surface area contributed by atoms with Gasteiger partial charge in [0.05, 0.1) is 13.0 Å². The van der Waals surface area contributed by atoms with Crippen LogP contribution in [0.5, 0.6) is 0 Å². The molecule has 0 aliphatic carbocycles. The van der Waals surface area contributed by atoms with Gasteiger partial charge in [0.25, 0.3) is 0 Å². The second-order valence-electron chi connectivity index (χ2n) is 7.02. The molecule has 1 aliphatic rings. The van der Waals surface area contributed by atoms with Gasteiger partial charge in [-0.1, -0.05) is 54.6 Å². The van der Waals surface area contributed by atoms with Gasteiger partial charge < -0.3 is 10.2 Å². The minimum Gasteiger partial charge on any atom is -0.351 e. The molecule has 0 radical (unpaired) electrons. The Balaban J connectivity index is 1.40. The molecule has 2 aromatic carbocycles. The highest BCUT2D eigenvalue weighted by Crippen LogP contribution is 2.11. The molecule has 1 fully saturated rings. The third kappa shape index (κ3) is 5.66. The molecule has 0 atom stereocenters. The molecule has 0 bridgehead atoms. The summed E-state index contributed by atoms with van der Waals surface area (Å²) in [5, 5.41) is 2.96. The third-order valence-electron chi connectivity index (χ3n) is 5.03. The first-order valence-corrected chi connectivity index (χ1v) is 9.47. The normalized spacial score (nSPS) is 14.8. The molecule has 1 heterocycles. The Hall–Kier alpha value is -2.66. The summed E-state index contributed by atoms with van der Waals surface area (Å²) >= 11 is 0. The first-order chi connectivity index (χ1) is 13.1.